The number of nitrogens with two attached hydrogens (primary N) is 1. The van der Waals surface area contributed by atoms with Crippen molar-refractivity contribution in [1.82, 2.24) is 9.97 Å². The summed E-state index contributed by atoms with van der Waals surface area (Å²) in [5.74, 6) is 0.496. The van der Waals surface area contributed by atoms with Crippen LogP contribution in [-0.2, 0) is 12.8 Å². The van der Waals surface area contributed by atoms with Gasteiger partial charge < -0.3 is 10.6 Å². The molecule has 130 valence electrons. The first-order valence-electron chi connectivity index (χ1n) is 8.81. The summed E-state index contributed by atoms with van der Waals surface area (Å²) < 4.78 is 0. The van der Waals surface area contributed by atoms with Crippen LogP contribution in [0.5, 0.6) is 0 Å². The number of nitrogen functional groups attached to an aromatic ring is 1. The van der Waals surface area contributed by atoms with Crippen LogP contribution in [-0.4, -0.2) is 24.1 Å². The predicted octanol–water partition coefficient (Wildman–Crippen LogP) is 4.22. The molecule has 4 heteroatoms. The van der Waals surface area contributed by atoms with Crippen LogP contribution >= 0.6 is 0 Å². The maximum atomic E-state index is 6.17. The monoisotopic (exact) mass is 342 g/mol. The van der Waals surface area contributed by atoms with Gasteiger partial charge in [-0.3, -0.25) is 4.98 Å². The van der Waals surface area contributed by atoms with Crippen molar-refractivity contribution in [1.29, 1.82) is 0 Å². The summed E-state index contributed by atoms with van der Waals surface area (Å²) in [5.41, 5.74) is 11.7. The lowest BCUT2D eigenvalue weighted by Gasteiger charge is -2.13. The van der Waals surface area contributed by atoms with Crippen LogP contribution in [0.1, 0.15) is 11.1 Å². The highest BCUT2D eigenvalue weighted by Crippen LogP contribution is 2.29. The third kappa shape index (κ3) is 2.94. The number of fused-ring (bicyclic) bond motifs is 3. The van der Waals surface area contributed by atoms with Gasteiger partial charge in [-0.15, -0.1) is 0 Å². The number of para-hydroxylation sites is 1. The zero-order chi connectivity index (χ0) is 18.1. The molecular weight excluding hydrogens is 320 g/mol. The lowest BCUT2D eigenvalue weighted by Crippen LogP contribution is -2.08. The van der Waals surface area contributed by atoms with Gasteiger partial charge in [0.2, 0.25) is 0 Å². The minimum absolute atomic E-state index is 0.496. The summed E-state index contributed by atoms with van der Waals surface area (Å²) in [6.07, 6.45) is 3.75. The van der Waals surface area contributed by atoms with E-state index in [1.165, 1.54) is 16.8 Å². The van der Waals surface area contributed by atoms with Crippen molar-refractivity contribution < 1.29 is 0 Å². The van der Waals surface area contributed by atoms with Crippen molar-refractivity contribution in [3.05, 3.63) is 71.9 Å². The van der Waals surface area contributed by atoms with Crippen molar-refractivity contribution in [2.75, 3.05) is 24.7 Å². The van der Waals surface area contributed by atoms with Gasteiger partial charge in [0.15, 0.2) is 5.82 Å². The van der Waals surface area contributed by atoms with Gasteiger partial charge in [-0.05, 0) is 48.2 Å². The SMILES string of the molecule is CN(C)c1ccc(CCc2ccnc3c(N)nc4ccccc4c23)cc1. The molecule has 2 heterocycles. The van der Waals surface area contributed by atoms with E-state index in [1.807, 2.05) is 24.4 Å². The standard InChI is InChI=1S/C22H22N4/c1-26(2)17-11-8-15(9-12-17)7-10-16-13-14-24-21-20(16)18-5-3-4-6-19(18)25-22(21)23/h3-6,8-9,11-14H,7,10H2,1-2H3,(H2,23,25). The number of rotatable bonds is 4. The maximum Gasteiger partial charge on any atom is 0.150 e. The minimum atomic E-state index is 0.496. The highest BCUT2D eigenvalue weighted by Gasteiger charge is 2.11. The van der Waals surface area contributed by atoms with Crippen LogP contribution in [0.3, 0.4) is 0 Å². The first-order valence-corrected chi connectivity index (χ1v) is 8.81. The molecule has 0 aliphatic rings. The third-order valence-corrected chi connectivity index (χ3v) is 4.83. The van der Waals surface area contributed by atoms with Crippen LogP contribution in [0.15, 0.2) is 60.8 Å². The van der Waals surface area contributed by atoms with Gasteiger partial charge in [0.05, 0.1) is 5.52 Å². The van der Waals surface area contributed by atoms with E-state index in [-0.39, 0.29) is 0 Å². The van der Waals surface area contributed by atoms with E-state index in [0.717, 1.165) is 34.6 Å². The number of hydrogen-bond donors (Lipinski definition) is 1. The lowest BCUT2D eigenvalue weighted by molar-refractivity contribution is 0.966. The maximum absolute atomic E-state index is 6.17. The molecule has 0 amide bonds. The third-order valence-electron chi connectivity index (χ3n) is 4.83. The van der Waals surface area contributed by atoms with E-state index in [1.54, 1.807) is 0 Å². The van der Waals surface area contributed by atoms with Crippen molar-refractivity contribution in [3.63, 3.8) is 0 Å². The first kappa shape index (κ1) is 16.3. The zero-order valence-electron chi connectivity index (χ0n) is 15.1. The summed E-state index contributed by atoms with van der Waals surface area (Å²) in [6.45, 7) is 0. The number of anilines is 2. The molecule has 2 aromatic carbocycles. The summed E-state index contributed by atoms with van der Waals surface area (Å²) in [7, 11) is 4.11. The number of pyridine rings is 2. The zero-order valence-corrected chi connectivity index (χ0v) is 15.1. The molecule has 4 aromatic rings. The molecule has 0 atom stereocenters. The topological polar surface area (TPSA) is 55.0 Å². The van der Waals surface area contributed by atoms with Crippen molar-refractivity contribution in [3.8, 4) is 0 Å². The van der Waals surface area contributed by atoms with Crippen molar-refractivity contribution in [2.24, 2.45) is 0 Å². The normalized spacial score (nSPS) is 11.2. The van der Waals surface area contributed by atoms with Gasteiger partial charge in [-0.25, -0.2) is 4.98 Å². The Balaban J connectivity index is 1.72. The average molecular weight is 342 g/mol. The highest BCUT2D eigenvalue weighted by molar-refractivity contribution is 6.09. The molecule has 4 nitrogen and oxygen atoms in total. The molecule has 0 saturated carbocycles. The van der Waals surface area contributed by atoms with Crippen LogP contribution in [0.25, 0.3) is 21.8 Å². The molecule has 4 rings (SSSR count). The summed E-state index contributed by atoms with van der Waals surface area (Å²) >= 11 is 0. The Labute approximate surface area is 153 Å². The Kier molecular flexibility index (Phi) is 4.17. The van der Waals surface area contributed by atoms with E-state index >= 15 is 0 Å². The Morgan fingerprint density at radius 1 is 0.923 bits per heavy atom. The van der Waals surface area contributed by atoms with Crippen LogP contribution < -0.4 is 10.6 Å². The lowest BCUT2D eigenvalue weighted by atomic mass is 9.98. The van der Waals surface area contributed by atoms with Gasteiger partial charge in [0.1, 0.15) is 5.52 Å². The Bertz CT molecular complexity index is 1070. The van der Waals surface area contributed by atoms with Crippen LogP contribution in [0, 0.1) is 0 Å². The van der Waals surface area contributed by atoms with E-state index < -0.39 is 0 Å². The predicted molar refractivity (Wildman–Crippen MR) is 110 cm³/mol. The molecule has 0 saturated heterocycles. The smallest absolute Gasteiger partial charge is 0.150 e. The molecule has 0 spiro atoms. The van der Waals surface area contributed by atoms with Gasteiger partial charge in [-0.1, -0.05) is 30.3 Å². The largest absolute Gasteiger partial charge is 0.382 e. The fourth-order valence-electron chi connectivity index (χ4n) is 3.41. The summed E-state index contributed by atoms with van der Waals surface area (Å²) in [4.78, 5) is 11.1. The number of hydrogen-bond acceptors (Lipinski definition) is 4. The molecule has 2 aromatic heterocycles. The van der Waals surface area contributed by atoms with E-state index in [2.05, 4.69) is 65.4 Å². The second kappa shape index (κ2) is 6.64. The highest BCUT2D eigenvalue weighted by atomic mass is 15.1. The Morgan fingerprint density at radius 2 is 1.69 bits per heavy atom. The molecule has 0 unspecified atom stereocenters. The van der Waals surface area contributed by atoms with Gasteiger partial charge >= 0.3 is 0 Å². The molecule has 0 bridgehead atoms. The second-order valence-electron chi connectivity index (χ2n) is 6.77. The van der Waals surface area contributed by atoms with E-state index in [4.69, 9.17) is 5.73 Å². The van der Waals surface area contributed by atoms with Gasteiger partial charge in [0, 0.05) is 36.8 Å². The molecule has 0 fully saturated rings. The fraction of sp³-hybridized carbons (Fsp3) is 0.182. The first-order chi connectivity index (χ1) is 12.6. The quantitative estimate of drug-likeness (QED) is 0.564. The number of nitrogens with zero attached hydrogens (tertiary/aromatic N) is 3. The van der Waals surface area contributed by atoms with Crippen molar-refractivity contribution >= 4 is 33.3 Å². The number of benzene rings is 2. The molecule has 0 aliphatic carbocycles. The molecule has 0 aliphatic heterocycles. The fourth-order valence-corrected chi connectivity index (χ4v) is 3.41. The Hall–Kier alpha value is -3.14. The number of aryl methyl sites for hydroxylation is 2. The second-order valence-corrected chi connectivity index (χ2v) is 6.77. The molecule has 26 heavy (non-hydrogen) atoms. The minimum Gasteiger partial charge on any atom is -0.382 e. The number of aromatic nitrogens is 2. The molecule has 0 radical (unpaired) electrons. The summed E-state index contributed by atoms with van der Waals surface area (Å²) in [6, 6.07) is 19.0. The van der Waals surface area contributed by atoms with Gasteiger partial charge in [-0.2, -0.15) is 0 Å². The van der Waals surface area contributed by atoms with E-state index in [9.17, 15) is 0 Å². The molecular formula is C22H22N4. The van der Waals surface area contributed by atoms with E-state index in [0.29, 0.717) is 5.82 Å². The Morgan fingerprint density at radius 3 is 2.46 bits per heavy atom. The summed E-state index contributed by atoms with van der Waals surface area (Å²) in [5, 5.41) is 2.24. The average Bonchev–Trinajstić information content (AvgIpc) is 2.67. The molecule has 2 N–H and O–H groups in total. The van der Waals surface area contributed by atoms with Crippen LogP contribution in [0.4, 0.5) is 11.5 Å². The van der Waals surface area contributed by atoms with Crippen molar-refractivity contribution in [2.45, 2.75) is 12.8 Å². The van der Waals surface area contributed by atoms with Crippen LogP contribution in [0.2, 0.25) is 0 Å². The van der Waals surface area contributed by atoms with Gasteiger partial charge in [0.25, 0.3) is 0 Å².